The summed E-state index contributed by atoms with van der Waals surface area (Å²) < 4.78 is 44.9. The molecule has 0 aliphatic rings. The maximum Gasteiger partial charge on any atom is 0.266 e. The number of nitrogens with two attached hydrogens (primary N) is 2. The number of carbonyl (C=O) groups is 2. The van der Waals surface area contributed by atoms with Gasteiger partial charge in [-0.2, -0.15) is 0 Å². The van der Waals surface area contributed by atoms with E-state index in [0.29, 0.717) is 45.9 Å². The van der Waals surface area contributed by atoms with E-state index >= 15 is 0 Å². The Morgan fingerprint density at radius 2 is 1.76 bits per heavy atom. The predicted molar refractivity (Wildman–Crippen MR) is 173 cm³/mol. The molecule has 238 valence electrons. The van der Waals surface area contributed by atoms with E-state index in [1.54, 1.807) is 48.7 Å². The maximum absolute atomic E-state index is 13.7. The number of primary amides is 1. The summed E-state index contributed by atoms with van der Waals surface area (Å²) >= 11 is 0. The van der Waals surface area contributed by atoms with Gasteiger partial charge in [0, 0.05) is 36.2 Å². The molecule has 0 saturated heterocycles. The molecule has 12 heteroatoms. The van der Waals surface area contributed by atoms with Crippen molar-refractivity contribution in [3.05, 3.63) is 78.0 Å². The first-order chi connectivity index (χ1) is 21.3. The molecular weight excluding hydrogens is 596 g/mol. The first-order valence-corrected chi connectivity index (χ1v) is 16.1. The Labute approximate surface area is 262 Å². The number of pyridine rings is 1. The number of nitrogens with zero attached hydrogens (tertiary/aromatic N) is 1. The predicted octanol–water partition coefficient (Wildman–Crippen LogP) is 4.76. The number of carbonyl (C=O) groups excluding carboxylic acids is 2. The fourth-order valence-electron chi connectivity index (χ4n) is 5.03. The highest BCUT2D eigenvalue weighted by Gasteiger charge is 2.43. The SMILES string of the molecule is CCOc1cc(C(Cc2cc(NC(C)=O)ccc2S(=O)(=O)CC)(Oc2ccc3c(N)nccc3c2)C(N)=O)ccc1OC(C)C. The van der Waals surface area contributed by atoms with E-state index in [9.17, 15) is 18.0 Å². The Balaban J connectivity index is 2.00. The topological polar surface area (TPSA) is 173 Å². The molecule has 0 spiro atoms. The molecule has 1 unspecified atom stereocenters. The summed E-state index contributed by atoms with van der Waals surface area (Å²) in [5.41, 5.74) is 11.2. The van der Waals surface area contributed by atoms with Crippen LogP contribution in [0.3, 0.4) is 0 Å². The van der Waals surface area contributed by atoms with Crippen molar-refractivity contribution in [3.63, 3.8) is 0 Å². The van der Waals surface area contributed by atoms with Gasteiger partial charge in [-0.15, -0.1) is 0 Å². The number of benzene rings is 3. The van der Waals surface area contributed by atoms with Gasteiger partial charge < -0.3 is 31.0 Å². The van der Waals surface area contributed by atoms with Gasteiger partial charge >= 0.3 is 0 Å². The van der Waals surface area contributed by atoms with Crippen molar-refractivity contribution in [3.8, 4) is 17.2 Å². The summed E-state index contributed by atoms with van der Waals surface area (Å²) in [6.07, 6.45) is 1.08. The normalized spacial score (nSPS) is 12.8. The lowest BCUT2D eigenvalue weighted by Gasteiger charge is -2.33. The smallest absolute Gasteiger partial charge is 0.266 e. The van der Waals surface area contributed by atoms with Gasteiger partial charge in [-0.1, -0.05) is 13.0 Å². The molecule has 0 radical (unpaired) electrons. The van der Waals surface area contributed by atoms with Gasteiger partial charge in [-0.05, 0) is 86.3 Å². The maximum atomic E-state index is 13.7. The van der Waals surface area contributed by atoms with Crippen molar-refractivity contribution in [2.75, 3.05) is 23.4 Å². The average Bonchev–Trinajstić information content (AvgIpc) is 2.97. The molecule has 1 atom stereocenters. The number of nitrogens with one attached hydrogen (secondary N) is 1. The molecule has 0 fully saturated rings. The summed E-state index contributed by atoms with van der Waals surface area (Å²) in [7, 11) is -3.78. The first-order valence-electron chi connectivity index (χ1n) is 14.5. The standard InChI is InChI=1S/C33H38N4O7S/c1-6-42-29-18-24(8-12-28(29)43-20(3)4)33(32(35)39,44-26-10-11-27-22(17-26)14-15-36-31(27)34)19-23-16-25(37-21(5)38)9-13-30(23)45(40,41)7-2/h8-18,20H,6-7,19H2,1-5H3,(H2,34,36)(H2,35,39)(H,37,38). The minimum absolute atomic E-state index is 0.0181. The number of aromatic nitrogens is 1. The van der Waals surface area contributed by atoms with Crippen molar-refractivity contribution < 1.29 is 32.2 Å². The van der Waals surface area contributed by atoms with Crippen LogP contribution >= 0.6 is 0 Å². The number of hydrogen-bond acceptors (Lipinski definition) is 9. The highest BCUT2D eigenvalue weighted by atomic mass is 32.2. The van der Waals surface area contributed by atoms with Crippen LogP contribution in [0.4, 0.5) is 11.5 Å². The van der Waals surface area contributed by atoms with Gasteiger partial charge in [-0.25, -0.2) is 13.4 Å². The summed E-state index contributed by atoms with van der Waals surface area (Å²) in [6, 6.07) is 16.1. The van der Waals surface area contributed by atoms with Crippen molar-refractivity contribution >= 4 is 43.9 Å². The fraction of sp³-hybridized carbons (Fsp3) is 0.303. The van der Waals surface area contributed by atoms with Crippen LogP contribution in [0.5, 0.6) is 17.2 Å². The van der Waals surface area contributed by atoms with Gasteiger partial charge in [0.25, 0.3) is 5.91 Å². The largest absolute Gasteiger partial charge is 0.490 e. The lowest BCUT2D eigenvalue weighted by atomic mass is 9.85. The van der Waals surface area contributed by atoms with Crippen LogP contribution < -0.4 is 31.0 Å². The molecule has 3 aromatic carbocycles. The number of rotatable bonds is 13. The third-order valence-electron chi connectivity index (χ3n) is 7.06. The van der Waals surface area contributed by atoms with Crippen molar-refractivity contribution in [2.45, 2.75) is 57.6 Å². The summed E-state index contributed by atoms with van der Waals surface area (Å²) in [5.74, 6) is -0.0390. The van der Waals surface area contributed by atoms with Gasteiger partial charge in [0.15, 0.2) is 21.3 Å². The first kappa shape index (κ1) is 33.1. The number of nitrogen functional groups attached to an aromatic ring is 1. The average molecular weight is 635 g/mol. The molecule has 45 heavy (non-hydrogen) atoms. The second kappa shape index (κ2) is 13.4. The van der Waals surface area contributed by atoms with Gasteiger partial charge in [0.05, 0.1) is 23.4 Å². The Morgan fingerprint density at radius 3 is 2.40 bits per heavy atom. The van der Waals surface area contributed by atoms with Gasteiger partial charge in [-0.3, -0.25) is 9.59 Å². The molecule has 11 nitrogen and oxygen atoms in total. The van der Waals surface area contributed by atoms with Crippen LogP contribution in [0.2, 0.25) is 0 Å². The highest BCUT2D eigenvalue weighted by molar-refractivity contribution is 7.91. The number of anilines is 2. The van der Waals surface area contributed by atoms with E-state index in [0.717, 1.165) is 0 Å². The van der Waals surface area contributed by atoms with Crippen LogP contribution in [0.1, 0.15) is 45.7 Å². The van der Waals surface area contributed by atoms with Crippen LogP contribution in [0.15, 0.2) is 71.8 Å². The number of ether oxygens (including phenoxy) is 3. The van der Waals surface area contributed by atoms with E-state index in [4.69, 9.17) is 25.7 Å². The minimum atomic E-state index is -3.78. The van der Waals surface area contributed by atoms with Gasteiger partial charge in [0.1, 0.15) is 11.6 Å². The fourth-order valence-corrected chi connectivity index (χ4v) is 6.14. The quantitative estimate of drug-likeness (QED) is 0.187. The van der Waals surface area contributed by atoms with Crippen molar-refractivity contribution in [1.29, 1.82) is 0 Å². The molecule has 0 saturated carbocycles. The summed E-state index contributed by atoms with van der Waals surface area (Å²) in [5, 5.41) is 4.07. The molecule has 1 aromatic heterocycles. The second-order valence-corrected chi connectivity index (χ2v) is 13.0. The lowest BCUT2D eigenvalue weighted by Crippen LogP contribution is -2.48. The van der Waals surface area contributed by atoms with Gasteiger partial charge in [0.2, 0.25) is 11.5 Å². The van der Waals surface area contributed by atoms with Crippen LogP contribution in [0.25, 0.3) is 10.8 Å². The Hall–Kier alpha value is -4.84. The summed E-state index contributed by atoms with van der Waals surface area (Å²) in [4.78, 5) is 29.7. The molecule has 0 bridgehead atoms. The van der Waals surface area contributed by atoms with Crippen LogP contribution in [-0.2, 0) is 31.4 Å². The Bertz CT molecular complexity index is 1840. The molecule has 4 aromatic rings. The third-order valence-corrected chi connectivity index (χ3v) is 8.89. The molecule has 0 aliphatic heterocycles. The molecule has 4 rings (SSSR count). The second-order valence-electron chi connectivity index (χ2n) is 10.7. The van der Waals surface area contributed by atoms with E-state index < -0.39 is 21.3 Å². The zero-order valence-electron chi connectivity index (χ0n) is 25.9. The van der Waals surface area contributed by atoms with E-state index in [2.05, 4.69) is 10.3 Å². The number of sulfone groups is 1. The monoisotopic (exact) mass is 634 g/mol. The van der Waals surface area contributed by atoms with Crippen molar-refractivity contribution in [2.24, 2.45) is 5.73 Å². The minimum Gasteiger partial charge on any atom is -0.490 e. The molecule has 0 aliphatic carbocycles. The molecule has 2 amide bonds. The molecule has 1 heterocycles. The van der Waals surface area contributed by atoms with Crippen LogP contribution in [0, 0.1) is 0 Å². The third kappa shape index (κ3) is 7.28. The number of fused-ring (bicyclic) bond motifs is 1. The van der Waals surface area contributed by atoms with E-state index in [1.807, 2.05) is 20.8 Å². The van der Waals surface area contributed by atoms with E-state index in [-0.39, 0.29) is 40.4 Å². The molecule has 5 N–H and O–H groups in total. The number of hydrogen-bond donors (Lipinski definition) is 3. The Kier molecular flexibility index (Phi) is 9.87. The Morgan fingerprint density at radius 1 is 1.00 bits per heavy atom. The summed E-state index contributed by atoms with van der Waals surface area (Å²) in [6.45, 7) is 8.73. The highest BCUT2D eigenvalue weighted by Crippen LogP contribution is 2.40. The lowest BCUT2D eigenvalue weighted by molar-refractivity contribution is -0.134. The zero-order chi connectivity index (χ0) is 32.9. The van der Waals surface area contributed by atoms with E-state index in [1.165, 1.54) is 32.0 Å². The van der Waals surface area contributed by atoms with Crippen LogP contribution in [-0.4, -0.2) is 43.7 Å². The molecular formula is C33H38N4O7S. The zero-order valence-corrected chi connectivity index (χ0v) is 26.7. The number of amides is 2. The van der Waals surface area contributed by atoms with Crippen molar-refractivity contribution in [1.82, 2.24) is 4.98 Å².